The summed E-state index contributed by atoms with van der Waals surface area (Å²) < 4.78 is 5.59. The van der Waals surface area contributed by atoms with Gasteiger partial charge in [-0.25, -0.2) is 0 Å². The minimum atomic E-state index is 0. The molecule has 0 aromatic carbocycles. The highest BCUT2D eigenvalue weighted by Crippen LogP contribution is 2.16. The number of hydrogen-bond donors (Lipinski definition) is 2. The van der Waals surface area contributed by atoms with Gasteiger partial charge in [-0.15, -0.1) is 12.4 Å². The first-order valence-electron chi connectivity index (χ1n) is 6.87. The van der Waals surface area contributed by atoms with Gasteiger partial charge in [-0.2, -0.15) is 0 Å². The first kappa shape index (κ1) is 15.7. The lowest BCUT2D eigenvalue weighted by Crippen LogP contribution is -2.50. The number of rotatable bonds is 3. The molecule has 106 valence electrons. The molecule has 2 aliphatic rings. The second-order valence-electron chi connectivity index (χ2n) is 5.34. The Morgan fingerprint density at radius 1 is 1.39 bits per heavy atom. The number of ether oxygens (including phenoxy) is 1. The number of carbonyl (C=O) groups excluding carboxylic acids is 1. The zero-order valence-corrected chi connectivity index (χ0v) is 11.9. The SMILES string of the molecule is CC1CCNCC1NC(=O)CC1CCCCO1.Cl. The third-order valence-electron chi connectivity index (χ3n) is 3.86. The highest BCUT2D eigenvalue weighted by molar-refractivity contribution is 5.85. The largest absolute Gasteiger partial charge is 0.378 e. The predicted octanol–water partition coefficient (Wildman–Crippen LogP) is 1.48. The molecule has 3 atom stereocenters. The first-order chi connectivity index (χ1) is 8.25. The second kappa shape index (κ2) is 7.97. The normalized spacial score (nSPS) is 32.4. The molecule has 2 saturated heterocycles. The van der Waals surface area contributed by atoms with Gasteiger partial charge in [0.15, 0.2) is 0 Å². The van der Waals surface area contributed by atoms with Crippen molar-refractivity contribution in [1.82, 2.24) is 10.6 Å². The van der Waals surface area contributed by atoms with Crippen LogP contribution in [0.4, 0.5) is 0 Å². The number of piperidine rings is 1. The van der Waals surface area contributed by atoms with Crippen LogP contribution in [0.5, 0.6) is 0 Å². The Balaban J connectivity index is 0.00000162. The van der Waals surface area contributed by atoms with Crippen LogP contribution in [0.25, 0.3) is 0 Å². The van der Waals surface area contributed by atoms with Gasteiger partial charge < -0.3 is 15.4 Å². The van der Waals surface area contributed by atoms with Crippen molar-refractivity contribution >= 4 is 18.3 Å². The van der Waals surface area contributed by atoms with E-state index in [1.165, 1.54) is 6.42 Å². The monoisotopic (exact) mass is 276 g/mol. The summed E-state index contributed by atoms with van der Waals surface area (Å²) >= 11 is 0. The third kappa shape index (κ3) is 4.75. The Kier molecular flexibility index (Phi) is 6.97. The lowest BCUT2D eigenvalue weighted by Gasteiger charge is -2.31. The van der Waals surface area contributed by atoms with Gasteiger partial charge in [0.25, 0.3) is 0 Å². The Bertz CT molecular complexity index is 257. The van der Waals surface area contributed by atoms with Crippen molar-refractivity contribution in [3.8, 4) is 0 Å². The molecule has 0 bridgehead atoms. The molecule has 5 heteroatoms. The fourth-order valence-electron chi connectivity index (χ4n) is 2.62. The number of hydrogen-bond acceptors (Lipinski definition) is 3. The Morgan fingerprint density at radius 3 is 2.89 bits per heavy atom. The molecule has 2 fully saturated rings. The van der Waals surface area contributed by atoms with Gasteiger partial charge in [0.05, 0.1) is 12.5 Å². The van der Waals surface area contributed by atoms with Crippen LogP contribution < -0.4 is 10.6 Å². The summed E-state index contributed by atoms with van der Waals surface area (Å²) in [6, 6.07) is 0.292. The summed E-state index contributed by atoms with van der Waals surface area (Å²) in [6.07, 6.45) is 5.19. The average molecular weight is 277 g/mol. The standard InChI is InChI=1S/C13H24N2O2.ClH/c1-10-5-6-14-9-12(10)15-13(16)8-11-4-2-3-7-17-11;/h10-12,14H,2-9H2,1H3,(H,15,16);1H. The fourth-order valence-corrected chi connectivity index (χ4v) is 2.62. The van der Waals surface area contributed by atoms with Crippen molar-refractivity contribution in [3.63, 3.8) is 0 Å². The van der Waals surface area contributed by atoms with Crippen molar-refractivity contribution in [1.29, 1.82) is 0 Å². The maximum absolute atomic E-state index is 11.9. The van der Waals surface area contributed by atoms with E-state index >= 15 is 0 Å². The molecule has 2 heterocycles. The molecule has 0 aromatic rings. The average Bonchev–Trinajstić information content (AvgIpc) is 2.33. The number of amides is 1. The molecule has 0 aromatic heterocycles. The summed E-state index contributed by atoms with van der Waals surface area (Å²) in [5.74, 6) is 0.727. The van der Waals surface area contributed by atoms with E-state index in [1.54, 1.807) is 0 Å². The molecule has 0 radical (unpaired) electrons. The van der Waals surface area contributed by atoms with Gasteiger partial charge in [-0.05, 0) is 38.1 Å². The maximum atomic E-state index is 11.9. The van der Waals surface area contributed by atoms with Gasteiger partial charge in [0.1, 0.15) is 0 Å². The fraction of sp³-hybridized carbons (Fsp3) is 0.923. The summed E-state index contributed by atoms with van der Waals surface area (Å²) in [5.41, 5.74) is 0. The van der Waals surface area contributed by atoms with E-state index in [0.717, 1.165) is 39.0 Å². The first-order valence-corrected chi connectivity index (χ1v) is 6.87. The molecule has 4 nitrogen and oxygen atoms in total. The van der Waals surface area contributed by atoms with Crippen molar-refractivity contribution in [3.05, 3.63) is 0 Å². The van der Waals surface area contributed by atoms with Gasteiger partial charge in [0, 0.05) is 19.2 Å². The molecular weight excluding hydrogens is 252 g/mol. The van der Waals surface area contributed by atoms with Crippen molar-refractivity contribution < 1.29 is 9.53 Å². The number of nitrogens with one attached hydrogen (secondary N) is 2. The van der Waals surface area contributed by atoms with Crippen LogP contribution in [0.3, 0.4) is 0 Å². The molecule has 1 amide bonds. The Hall–Kier alpha value is -0.320. The van der Waals surface area contributed by atoms with E-state index in [2.05, 4.69) is 17.6 Å². The highest BCUT2D eigenvalue weighted by atomic mass is 35.5. The smallest absolute Gasteiger partial charge is 0.222 e. The highest BCUT2D eigenvalue weighted by Gasteiger charge is 2.24. The van der Waals surface area contributed by atoms with Gasteiger partial charge in [-0.3, -0.25) is 4.79 Å². The second-order valence-corrected chi connectivity index (χ2v) is 5.34. The molecule has 0 spiro atoms. The molecule has 0 saturated carbocycles. The van der Waals surface area contributed by atoms with E-state index in [4.69, 9.17) is 4.74 Å². The predicted molar refractivity (Wildman–Crippen MR) is 74.0 cm³/mol. The molecule has 0 aliphatic carbocycles. The number of carbonyl (C=O) groups is 1. The van der Waals surface area contributed by atoms with Crippen molar-refractivity contribution in [2.75, 3.05) is 19.7 Å². The molecule has 2 rings (SSSR count). The maximum Gasteiger partial charge on any atom is 0.222 e. The summed E-state index contributed by atoms with van der Waals surface area (Å²) in [7, 11) is 0. The molecular formula is C13H25ClN2O2. The zero-order chi connectivity index (χ0) is 12.1. The quantitative estimate of drug-likeness (QED) is 0.821. The van der Waals surface area contributed by atoms with Crippen LogP contribution in [-0.4, -0.2) is 37.7 Å². The molecule has 2 N–H and O–H groups in total. The van der Waals surface area contributed by atoms with E-state index < -0.39 is 0 Å². The van der Waals surface area contributed by atoms with E-state index in [-0.39, 0.29) is 24.4 Å². The van der Waals surface area contributed by atoms with Crippen LogP contribution in [0.1, 0.15) is 39.0 Å². The Morgan fingerprint density at radius 2 is 2.22 bits per heavy atom. The Labute approximate surface area is 116 Å². The van der Waals surface area contributed by atoms with Crippen molar-refractivity contribution in [2.24, 2.45) is 5.92 Å². The molecule has 18 heavy (non-hydrogen) atoms. The minimum Gasteiger partial charge on any atom is -0.378 e. The lowest BCUT2D eigenvalue weighted by molar-refractivity contribution is -0.126. The minimum absolute atomic E-state index is 0. The van der Waals surface area contributed by atoms with E-state index in [1.807, 2.05) is 0 Å². The summed E-state index contributed by atoms with van der Waals surface area (Å²) in [5, 5.41) is 6.46. The van der Waals surface area contributed by atoms with Crippen LogP contribution in [0.2, 0.25) is 0 Å². The van der Waals surface area contributed by atoms with E-state index in [0.29, 0.717) is 18.4 Å². The van der Waals surface area contributed by atoms with Gasteiger partial charge in [0.2, 0.25) is 5.91 Å². The lowest BCUT2D eigenvalue weighted by atomic mass is 9.94. The number of halogens is 1. The van der Waals surface area contributed by atoms with Gasteiger partial charge in [-0.1, -0.05) is 6.92 Å². The van der Waals surface area contributed by atoms with Gasteiger partial charge >= 0.3 is 0 Å². The van der Waals surface area contributed by atoms with Crippen LogP contribution >= 0.6 is 12.4 Å². The van der Waals surface area contributed by atoms with Crippen molar-refractivity contribution in [2.45, 2.75) is 51.2 Å². The third-order valence-corrected chi connectivity index (χ3v) is 3.86. The summed E-state index contributed by atoms with van der Waals surface area (Å²) in [6.45, 7) is 5.00. The van der Waals surface area contributed by atoms with Crippen LogP contribution in [-0.2, 0) is 9.53 Å². The molecule has 2 aliphatic heterocycles. The van der Waals surface area contributed by atoms with E-state index in [9.17, 15) is 4.79 Å². The molecule has 3 unspecified atom stereocenters. The van der Waals surface area contributed by atoms with Crippen LogP contribution in [0.15, 0.2) is 0 Å². The summed E-state index contributed by atoms with van der Waals surface area (Å²) in [4.78, 5) is 11.9. The zero-order valence-electron chi connectivity index (χ0n) is 11.1. The topological polar surface area (TPSA) is 50.4 Å². The van der Waals surface area contributed by atoms with Crippen LogP contribution in [0, 0.1) is 5.92 Å².